The van der Waals surface area contributed by atoms with Gasteiger partial charge in [-0.05, 0) is 70.1 Å². The minimum Gasteiger partial charge on any atom is -0.493 e. The summed E-state index contributed by atoms with van der Waals surface area (Å²) >= 11 is 0. The highest BCUT2D eigenvalue weighted by atomic mass is 16.5. The van der Waals surface area contributed by atoms with Crippen molar-refractivity contribution >= 4 is 5.91 Å². The molecule has 2 heterocycles. The number of piperidine rings is 2. The number of methoxy groups -OCH3 is 1. The molecular weight excluding hydrogens is 380 g/mol. The molecule has 0 aromatic heterocycles. The van der Waals surface area contributed by atoms with Gasteiger partial charge in [0, 0.05) is 37.8 Å². The van der Waals surface area contributed by atoms with Crippen LogP contribution in [0.15, 0.2) is 18.2 Å². The number of benzene rings is 1. The van der Waals surface area contributed by atoms with E-state index in [0.29, 0.717) is 42.1 Å². The number of aliphatic hydroxyl groups is 1. The Balaban J connectivity index is 1.63. The number of nitrogens with zero attached hydrogens (tertiary/aromatic N) is 2. The van der Waals surface area contributed by atoms with Crippen LogP contribution in [0.25, 0.3) is 0 Å². The largest absolute Gasteiger partial charge is 0.493 e. The van der Waals surface area contributed by atoms with Crippen molar-refractivity contribution in [2.75, 3.05) is 33.3 Å². The van der Waals surface area contributed by atoms with E-state index in [1.54, 1.807) is 7.11 Å². The van der Waals surface area contributed by atoms with Crippen LogP contribution < -0.4 is 9.47 Å². The van der Waals surface area contributed by atoms with E-state index < -0.39 is 0 Å². The van der Waals surface area contributed by atoms with E-state index in [9.17, 15) is 9.90 Å². The molecule has 168 valence electrons. The number of carbonyl (C=O) groups is 1. The number of carbonyl (C=O) groups excluding carboxylic acids is 1. The summed E-state index contributed by atoms with van der Waals surface area (Å²) in [4.78, 5) is 17.4. The molecule has 0 radical (unpaired) electrons. The summed E-state index contributed by atoms with van der Waals surface area (Å²) < 4.78 is 11.8. The summed E-state index contributed by atoms with van der Waals surface area (Å²) in [5.74, 6) is 1.65. The van der Waals surface area contributed by atoms with Crippen LogP contribution in [0.2, 0.25) is 0 Å². The van der Waals surface area contributed by atoms with E-state index in [1.165, 1.54) is 0 Å². The minimum atomic E-state index is -0.259. The molecule has 2 saturated heterocycles. The molecule has 1 aromatic carbocycles. The van der Waals surface area contributed by atoms with Gasteiger partial charge in [0.05, 0.1) is 13.2 Å². The fourth-order valence-corrected chi connectivity index (χ4v) is 4.59. The number of ether oxygens (including phenoxy) is 2. The average Bonchev–Trinajstić information content (AvgIpc) is 2.78. The first-order valence-electron chi connectivity index (χ1n) is 11.5. The summed E-state index contributed by atoms with van der Waals surface area (Å²) in [6.07, 6.45) is 4.33. The van der Waals surface area contributed by atoms with E-state index in [-0.39, 0.29) is 18.1 Å². The molecule has 6 heteroatoms. The molecule has 6 nitrogen and oxygen atoms in total. The first kappa shape index (κ1) is 22.9. The van der Waals surface area contributed by atoms with Gasteiger partial charge in [0.1, 0.15) is 6.10 Å². The zero-order chi connectivity index (χ0) is 21.7. The van der Waals surface area contributed by atoms with Gasteiger partial charge >= 0.3 is 0 Å². The molecule has 2 aliphatic heterocycles. The summed E-state index contributed by atoms with van der Waals surface area (Å²) in [6.45, 7) is 9.90. The quantitative estimate of drug-likeness (QED) is 0.733. The Labute approximate surface area is 181 Å². The summed E-state index contributed by atoms with van der Waals surface area (Å²) in [5.41, 5.74) is 0.639. The van der Waals surface area contributed by atoms with Crippen molar-refractivity contribution in [1.82, 2.24) is 9.80 Å². The topological polar surface area (TPSA) is 62.2 Å². The van der Waals surface area contributed by atoms with Crippen LogP contribution in [0.3, 0.4) is 0 Å². The maximum atomic E-state index is 13.1. The van der Waals surface area contributed by atoms with Gasteiger partial charge in [0.2, 0.25) is 0 Å². The van der Waals surface area contributed by atoms with Gasteiger partial charge in [-0.1, -0.05) is 6.92 Å². The third kappa shape index (κ3) is 5.46. The molecule has 0 saturated carbocycles. The summed E-state index contributed by atoms with van der Waals surface area (Å²) in [5, 5.41) is 10.1. The second-order valence-electron chi connectivity index (χ2n) is 8.92. The van der Waals surface area contributed by atoms with Crippen molar-refractivity contribution in [3.05, 3.63) is 23.8 Å². The monoisotopic (exact) mass is 418 g/mol. The van der Waals surface area contributed by atoms with Gasteiger partial charge < -0.3 is 24.4 Å². The van der Waals surface area contributed by atoms with E-state index in [2.05, 4.69) is 18.7 Å². The summed E-state index contributed by atoms with van der Waals surface area (Å²) in [7, 11) is 1.63. The number of likely N-dealkylation sites (tertiary alicyclic amines) is 2. The molecule has 30 heavy (non-hydrogen) atoms. The minimum absolute atomic E-state index is 0.0292. The van der Waals surface area contributed by atoms with E-state index in [1.807, 2.05) is 30.0 Å². The Hall–Kier alpha value is -1.79. The second-order valence-corrected chi connectivity index (χ2v) is 8.92. The lowest BCUT2D eigenvalue weighted by Gasteiger charge is -2.35. The smallest absolute Gasteiger partial charge is 0.253 e. The van der Waals surface area contributed by atoms with E-state index in [4.69, 9.17) is 9.47 Å². The maximum absolute atomic E-state index is 13.1. The van der Waals surface area contributed by atoms with Gasteiger partial charge in [0.25, 0.3) is 5.91 Å². The van der Waals surface area contributed by atoms with E-state index in [0.717, 1.165) is 45.2 Å². The summed E-state index contributed by atoms with van der Waals surface area (Å²) in [6, 6.07) is 6.05. The van der Waals surface area contributed by atoms with Gasteiger partial charge in [-0.25, -0.2) is 0 Å². The number of rotatable bonds is 7. The molecule has 2 aliphatic rings. The first-order valence-corrected chi connectivity index (χ1v) is 11.5. The van der Waals surface area contributed by atoms with Gasteiger partial charge in [-0.15, -0.1) is 0 Å². The molecule has 1 atom stereocenters. The lowest BCUT2D eigenvalue weighted by molar-refractivity contribution is 0.0453. The molecule has 1 aromatic rings. The highest BCUT2D eigenvalue weighted by Gasteiger charge is 2.28. The maximum Gasteiger partial charge on any atom is 0.253 e. The molecule has 0 aliphatic carbocycles. The van der Waals surface area contributed by atoms with Crippen molar-refractivity contribution < 1.29 is 19.4 Å². The number of hydrogen-bond acceptors (Lipinski definition) is 5. The van der Waals surface area contributed by atoms with Crippen molar-refractivity contribution in [2.24, 2.45) is 5.92 Å². The Morgan fingerprint density at radius 3 is 2.33 bits per heavy atom. The van der Waals surface area contributed by atoms with Crippen LogP contribution >= 0.6 is 0 Å². The van der Waals surface area contributed by atoms with Crippen molar-refractivity contribution in [3.63, 3.8) is 0 Å². The third-order valence-electron chi connectivity index (χ3n) is 6.70. The predicted molar refractivity (Wildman–Crippen MR) is 118 cm³/mol. The highest BCUT2D eigenvalue weighted by Crippen LogP contribution is 2.32. The predicted octanol–water partition coefficient (Wildman–Crippen LogP) is 3.57. The zero-order valence-electron chi connectivity index (χ0n) is 19.0. The molecule has 3 rings (SSSR count). The van der Waals surface area contributed by atoms with Crippen molar-refractivity contribution in [2.45, 2.75) is 71.1 Å². The van der Waals surface area contributed by atoms with Crippen molar-refractivity contribution in [1.29, 1.82) is 0 Å². The molecule has 0 bridgehead atoms. The van der Waals surface area contributed by atoms with E-state index >= 15 is 0 Å². The molecule has 0 spiro atoms. The number of hydrogen-bond donors (Lipinski definition) is 1. The lowest BCUT2D eigenvalue weighted by Crippen LogP contribution is -2.42. The lowest BCUT2D eigenvalue weighted by atomic mass is 9.90. The molecule has 1 N–H and O–H groups in total. The Kier molecular flexibility index (Phi) is 8.00. The van der Waals surface area contributed by atoms with Crippen LogP contribution in [-0.2, 0) is 0 Å². The Morgan fingerprint density at radius 1 is 1.10 bits per heavy atom. The second kappa shape index (κ2) is 10.5. The normalized spacial score (nSPS) is 20.4. The molecular formula is C24H38N2O4. The van der Waals surface area contributed by atoms with Gasteiger partial charge in [-0.3, -0.25) is 4.79 Å². The SMILES string of the molecule is CCC(O)C1CCN(C(=O)c2ccc(OC)c(OC3CCN(C(C)C)CC3)c2)CC1. The number of aliphatic hydroxyl groups excluding tert-OH is 1. The Morgan fingerprint density at radius 2 is 1.77 bits per heavy atom. The van der Waals surface area contributed by atoms with Crippen LogP contribution in [0.1, 0.15) is 63.2 Å². The van der Waals surface area contributed by atoms with Gasteiger partial charge in [-0.2, -0.15) is 0 Å². The van der Waals surface area contributed by atoms with Crippen LogP contribution in [0.4, 0.5) is 0 Å². The van der Waals surface area contributed by atoms with Crippen LogP contribution in [0, 0.1) is 5.92 Å². The van der Waals surface area contributed by atoms with Gasteiger partial charge in [0.15, 0.2) is 11.5 Å². The highest BCUT2D eigenvalue weighted by molar-refractivity contribution is 5.95. The Bertz CT molecular complexity index is 692. The fraction of sp³-hybridized carbons (Fsp3) is 0.708. The molecule has 1 amide bonds. The first-order chi connectivity index (χ1) is 14.4. The molecule has 2 fully saturated rings. The van der Waals surface area contributed by atoms with Crippen LogP contribution in [0.5, 0.6) is 11.5 Å². The molecule has 1 unspecified atom stereocenters. The number of amides is 1. The standard InChI is InChI=1S/C24H38N2O4/c1-5-21(27)18-8-12-26(13-9-18)24(28)19-6-7-22(29-4)23(16-19)30-20-10-14-25(15-11-20)17(2)3/h6-7,16-18,20-21,27H,5,8-15H2,1-4H3. The fourth-order valence-electron chi connectivity index (χ4n) is 4.59. The van der Waals surface area contributed by atoms with Crippen molar-refractivity contribution in [3.8, 4) is 11.5 Å². The zero-order valence-corrected chi connectivity index (χ0v) is 19.0. The average molecular weight is 419 g/mol. The van der Waals surface area contributed by atoms with Crippen LogP contribution in [-0.4, -0.2) is 72.4 Å². The third-order valence-corrected chi connectivity index (χ3v) is 6.70.